The second kappa shape index (κ2) is 5.55. The van der Waals surface area contributed by atoms with E-state index in [0.29, 0.717) is 0 Å². The molecule has 4 amide bonds. The molecule has 0 spiro atoms. The van der Waals surface area contributed by atoms with E-state index in [9.17, 15) is 19.2 Å². The number of carbonyl (C=O) groups is 4. The van der Waals surface area contributed by atoms with Gasteiger partial charge in [-0.25, -0.2) is 0 Å². The molecular formula is C24H16N2O4S2. The van der Waals surface area contributed by atoms with Gasteiger partial charge in [0, 0.05) is 25.9 Å². The van der Waals surface area contributed by atoms with Crippen LogP contribution in [0.4, 0.5) is 0 Å². The summed E-state index contributed by atoms with van der Waals surface area (Å²) in [5.74, 6) is -2.18. The molecule has 6 nitrogen and oxygen atoms in total. The van der Waals surface area contributed by atoms with E-state index in [0.717, 1.165) is 50.7 Å². The first-order chi connectivity index (χ1) is 15.4. The third-order valence-corrected chi connectivity index (χ3v) is 11.1. The first-order valence-corrected chi connectivity index (χ1v) is 11.9. The normalized spacial score (nSPS) is 33.9. The van der Waals surface area contributed by atoms with E-state index in [1.54, 1.807) is 0 Å². The predicted octanol–water partition coefficient (Wildman–Crippen LogP) is 2.44. The Hall–Kier alpha value is -2.84. The number of likely N-dealkylation sites (tertiary alicyclic amines) is 1. The largest absolute Gasteiger partial charge is 0.283 e. The van der Waals surface area contributed by atoms with Crippen LogP contribution in [-0.2, 0) is 19.2 Å². The monoisotopic (exact) mass is 460 g/mol. The first kappa shape index (κ1) is 18.7. The number of likely N-dealkylation sites (N-methyl/N-ethyl adjacent to an activating group) is 1. The number of carbonyl (C=O) groups excluding carboxylic acids is 4. The zero-order valence-electron chi connectivity index (χ0n) is 17.1. The van der Waals surface area contributed by atoms with Gasteiger partial charge in [0.2, 0.25) is 11.8 Å². The Morgan fingerprint density at radius 2 is 0.969 bits per heavy atom. The van der Waals surface area contributed by atoms with E-state index in [2.05, 4.69) is 0 Å². The van der Waals surface area contributed by atoms with Crippen molar-refractivity contribution in [2.45, 2.75) is 21.3 Å². The van der Waals surface area contributed by atoms with Gasteiger partial charge in [-0.05, 0) is 22.3 Å². The zero-order chi connectivity index (χ0) is 22.2. The van der Waals surface area contributed by atoms with Gasteiger partial charge >= 0.3 is 0 Å². The van der Waals surface area contributed by atoms with E-state index < -0.39 is 33.1 Å². The van der Waals surface area contributed by atoms with Crippen LogP contribution in [-0.4, -0.2) is 57.0 Å². The molecule has 2 atom stereocenters. The van der Waals surface area contributed by atoms with E-state index in [1.807, 2.05) is 48.5 Å². The number of hydrogen-bond acceptors (Lipinski definition) is 6. The predicted molar refractivity (Wildman–Crippen MR) is 120 cm³/mol. The van der Waals surface area contributed by atoms with Gasteiger partial charge in [-0.2, -0.15) is 0 Å². The van der Waals surface area contributed by atoms with Gasteiger partial charge in [0.1, 0.15) is 9.49 Å². The Labute approximate surface area is 192 Å². The molecule has 3 aliphatic carbocycles. The Balaban J connectivity index is 1.64. The molecule has 1 saturated heterocycles. The lowest BCUT2D eigenvalue weighted by Gasteiger charge is -2.59. The van der Waals surface area contributed by atoms with Crippen molar-refractivity contribution in [2.24, 2.45) is 0 Å². The standard InChI is InChI=1S/C24H16N2O4S2/c1-25-19(27)17-18(20(25)28)32-24-16-12-8-4-3-7-11(12)15(13-9-5-6-10-14(13)16)23(24,31-17)21(29)26(2)22(24)30/h3-10,15-16H,1-2H3/t15?,16?,23-,24+. The van der Waals surface area contributed by atoms with Crippen molar-refractivity contribution in [3.8, 4) is 0 Å². The zero-order valence-corrected chi connectivity index (χ0v) is 18.8. The van der Waals surface area contributed by atoms with Crippen LogP contribution in [0.1, 0.15) is 34.1 Å². The summed E-state index contributed by atoms with van der Waals surface area (Å²) in [5, 5.41) is 0. The van der Waals surface area contributed by atoms with Gasteiger partial charge in [0.05, 0.1) is 9.81 Å². The molecule has 0 unspecified atom stereocenters. The van der Waals surface area contributed by atoms with E-state index in [4.69, 9.17) is 0 Å². The smallest absolute Gasteiger partial charge is 0.268 e. The van der Waals surface area contributed by atoms with Crippen molar-refractivity contribution in [3.63, 3.8) is 0 Å². The summed E-state index contributed by atoms with van der Waals surface area (Å²) in [6.45, 7) is 0. The molecule has 2 aromatic rings. The Bertz CT molecular complexity index is 1240. The van der Waals surface area contributed by atoms with E-state index >= 15 is 0 Å². The van der Waals surface area contributed by atoms with Crippen molar-refractivity contribution in [1.29, 1.82) is 0 Å². The number of rotatable bonds is 0. The minimum absolute atomic E-state index is 0.289. The van der Waals surface area contributed by atoms with Crippen LogP contribution in [0.3, 0.4) is 0 Å². The molecule has 8 heteroatoms. The highest BCUT2D eigenvalue weighted by Crippen LogP contribution is 2.77. The second-order valence-corrected chi connectivity index (χ2v) is 11.3. The highest BCUT2D eigenvalue weighted by atomic mass is 32.2. The third kappa shape index (κ3) is 1.65. The van der Waals surface area contributed by atoms with Gasteiger partial charge in [0.25, 0.3) is 11.8 Å². The summed E-state index contributed by atoms with van der Waals surface area (Å²) < 4.78 is -2.45. The molecule has 0 radical (unpaired) electrons. The molecule has 0 saturated carbocycles. The Morgan fingerprint density at radius 3 is 1.31 bits per heavy atom. The summed E-state index contributed by atoms with van der Waals surface area (Å²) >= 11 is 2.30. The van der Waals surface area contributed by atoms with E-state index in [-0.39, 0.29) is 21.6 Å². The molecule has 6 aliphatic rings. The van der Waals surface area contributed by atoms with Crippen molar-refractivity contribution < 1.29 is 19.2 Å². The lowest BCUT2D eigenvalue weighted by atomic mass is 9.53. The highest BCUT2D eigenvalue weighted by Gasteiger charge is 2.82. The summed E-state index contributed by atoms with van der Waals surface area (Å²) in [6.07, 6.45) is 0. The molecular weight excluding hydrogens is 444 g/mol. The quantitative estimate of drug-likeness (QED) is 0.563. The molecule has 158 valence electrons. The summed E-state index contributed by atoms with van der Waals surface area (Å²) in [4.78, 5) is 56.9. The molecule has 2 aromatic carbocycles. The highest BCUT2D eigenvalue weighted by molar-refractivity contribution is 8.14. The van der Waals surface area contributed by atoms with Crippen LogP contribution in [0.25, 0.3) is 0 Å². The van der Waals surface area contributed by atoms with Crippen LogP contribution in [0.5, 0.6) is 0 Å². The molecule has 0 N–H and O–H groups in total. The molecule has 8 rings (SSSR count). The number of hydrogen-bond donors (Lipinski definition) is 0. The van der Waals surface area contributed by atoms with Crippen LogP contribution in [0.2, 0.25) is 0 Å². The molecule has 3 aliphatic heterocycles. The number of imide groups is 2. The minimum Gasteiger partial charge on any atom is -0.283 e. The second-order valence-electron chi connectivity index (χ2n) is 8.80. The van der Waals surface area contributed by atoms with Crippen LogP contribution < -0.4 is 0 Å². The van der Waals surface area contributed by atoms with Crippen molar-refractivity contribution >= 4 is 47.2 Å². The number of thioether (sulfide) groups is 2. The lowest BCUT2D eigenvalue weighted by Crippen LogP contribution is -2.66. The van der Waals surface area contributed by atoms with Crippen LogP contribution in [0, 0.1) is 0 Å². The maximum atomic E-state index is 14.0. The van der Waals surface area contributed by atoms with Crippen molar-refractivity contribution in [2.75, 3.05) is 14.1 Å². The lowest BCUT2D eigenvalue weighted by molar-refractivity contribution is -0.138. The van der Waals surface area contributed by atoms with Crippen molar-refractivity contribution in [3.05, 3.63) is 80.6 Å². The maximum absolute atomic E-state index is 14.0. The molecule has 2 bridgehead atoms. The Morgan fingerprint density at radius 1 is 0.625 bits per heavy atom. The van der Waals surface area contributed by atoms with Gasteiger partial charge < -0.3 is 0 Å². The van der Waals surface area contributed by atoms with Gasteiger partial charge in [-0.1, -0.05) is 72.1 Å². The maximum Gasteiger partial charge on any atom is 0.268 e. The number of nitrogens with zero attached hydrogens (tertiary/aromatic N) is 2. The van der Waals surface area contributed by atoms with Crippen LogP contribution in [0.15, 0.2) is 58.3 Å². The topological polar surface area (TPSA) is 74.8 Å². The van der Waals surface area contributed by atoms with Gasteiger partial charge in [-0.3, -0.25) is 29.0 Å². The fourth-order valence-corrected chi connectivity index (χ4v) is 10.2. The molecule has 3 heterocycles. The van der Waals surface area contributed by atoms with Crippen LogP contribution >= 0.6 is 23.5 Å². The third-order valence-electron chi connectivity index (χ3n) is 7.58. The molecule has 1 fully saturated rings. The fourth-order valence-electron chi connectivity index (χ4n) is 6.32. The summed E-state index contributed by atoms with van der Waals surface area (Å²) in [7, 11) is 2.97. The van der Waals surface area contributed by atoms with Gasteiger partial charge in [-0.15, -0.1) is 0 Å². The van der Waals surface area contributed by atoms with Gasteiger partial charge in [0.15, 0.2) is 0 Å². The molecule has 32 heavy (non-hydrogen) atoms. The summed E-state index contributed by atoms with van der Waals surface area (Å²) in [5.41, 5.74) is 4.08. The fraction of sp³-hybridized carbons (Fsp3) is 0.250. The average molecular weight is 461 g/mol. The number of amides is 4. The first-order valence-electron chi connectivity index (χ1n) is 10.3. The average Bonchev–Trinajstić information content (AvgIpc) is 3.13. The SMILES string of the molecule is CN1C(=O)C2=C(S[C@]34C(=O)N(C)C(=O)[C@@]3(S2)C2c3ccccc3C4c3ccccc32)C1=O. The Kier molecular flexibility index (Phi) is 3.25. The number of benzene rings is 2. The molecule has 0 aromatic heterocycles. The minimum atomic E-state index is -1.23. The van der Waals surface area contributed by atoms with E-state index in [1.165, 1.54) is 19.0 Å². The summed E-state index contributed by atoms with van der Waals surface area (Å²) in [6, 6.07) is 15.9. The van der Waals surface area contributed by atoms with Crippen molar-refractivity contribution in [1.82, 2.24) is 9.80 Å².